The minimum atomic E-state index is -0.0205. The van der Waals surface area contributed by atoms with Gasteiger partial charge in [0, 0.05) is 43.4 Å². The maximum atomic E-state index is 2.48. The minimum Gasteiger partial charge on any atom is -0.309 e. The van der Waals surface area contributed by atoms with Crippen LogP contribution in [0.15, 0.2) is 255 Å². The predicted molar refractivity (Wildman–Crippen MR) is 323 cm³/mol. The summed E-state index contributed by atoms with van der Waals surface area (Å²) in [7, 11) is 0. The predicted octanol–water partition coefficient (Wildman–Crippen LogP) is 19.8. The highest BCUT2D eigenvalue weighted by molar-refractivity contribution is 6.14. The van der Waals surface area contributed by atoms with Crippen LogP contribution in [0.1, 0.15) is 49.9 Å². The molecule has 2 nitrogen and oxygen atoms in total. The summed E-state index contributed by atoms with van der Waals surface area (Å²) in [5.41, 5.74) is 23.5. The Kier molecular flexibility index (Phi) is 9.69. The van der Waals surface area contributed by atoms with Crippen LogP contribution in [0, 0.1) is 0 Å². The number of nitrogens with zero attached hydrogens (tertiary/aromatic N) is 2. The molecule has 0 aliphatic heterocycles. The number of hydrogen-bond acceptors (Lipinski definition) is 0. The zero-order valence-electron chi connectivity index (χ0n) is 43.1. The molecule has 0 fully saturated rings. The molecule has 16 rings (SSSR count). The SMILES string of the molecule is CC1(C)c2ccccc2-c2cc3c(cc21)c1ccccc1n3-c1ccc(-c2ccccc2)c2ccccc12.CC1(C)c2ccccc2-c2cc3c(cc21)c1ccccc1n3-c1ccc2ccc(-c3ccccc3)cc2c1. The lowest BCUT2D eigenvalue weighted by Gasteiger charge is -2.21. The molecule has 2 aromatic heterocycles. The molecule has 12 aromatic carbocycles. The Morgan fingerprint density at radius 1 is 0.250 bits per heavy atom. The molecule has 0 amide bonds. The molecular weight excluding hydrogens is 917 g/mol. The van der Waals surface area contributed by atoms with Crippen molar-refractivity contribution >= 4 is 65.2 Å². The van der Waals surface area contributed by atoms with Crippen molar-refractivity contribution in [3.8, 4) is 55.9 Å². The molecule has 0 saturated carbocycles. The Balaban J connectivity index is 0.000000133. The van der Waals surface area contributed by atoms with E-state index in [4.69, 9.17) is 0 Å². The van der Waals surface area contributed by atoms with E-state index >= 15 is 0 Å². The van der Waals surface area contributed by atoms with E-state index in [2.05, 4.69) is 292 Å². The molecule has 0 unspecified atom stereocenters. The summed E-state index contributed by atoms with van der Waals surface area (Å²) in [6.07, 6.45) is 0. The van der Waals surface area contributed by atoms with Crippen LogP contribution in [0.4, 0.5) is 0 Å². The lowest BCUT2D eigenvalue weighted by atomic mass is 9.82. The Morgan fingerprint density at radius 3 is 1.36 bits per heavy atom. The van der Waals surface area contributed by atoms with Gasteiger partial charge in [-0.15, -0.1) is 0 Å². The van der Waals surface area contributed by atoms with Gasteiger partial charge in [0.15, 0.2) is 0 Å². The van der Waals surface area contributed by atoms with Crippen molar-refractivity contribution in [2.24, 2.45) is 0 Å². The zero-order chi connectivity index (χ0) is 50.9. The summed E-state index contributed by atoms with van der Waals surface area (Å²) >= 11 is 0. The Labute approximate surface area is 443 Å². The summed E-state index contributed by atoms with van der Waals surface area (Å²) in [5.74, 6) is 0. The van der Waals surface area contributed by atoms with Gasteiger partial charge < -0.3 is 9.13 Å². The van der Waals surface area contributed by atoms with Crippen molar-refractivity contribution < 1.29 is 0 Å². The van der Waals surface area contributed by atoms with Crippen molar-refractivity contribution in [1.82, 2.24) is 9.13 Å². The highest BCUT2D eigenvalue weighted by Crippen LogP contribution is 2.53. The largest absolute Gasteiger partial charge is 0.309 e. The van der Waals surface area contributed by atoms with Crippen LogP contribution in [0.5, 0.6) is 0 Å². The third-order valence-corrected chi connectivity index (χ3v) is 17.2. The van der Waals surface area contributed by atoms with Crippen molar-refractivity contribution in [2.45, 2.75) is 38.5 Å². The van der Waals surface area contributed by atoms with E-state index in [9.17, 15) is 0 Å². The van der Waals surface area contributed by atoms with Gasteiger partial charge in [-0.1, -0.05) is 222 Å². The van der Waals surface area contributed by atoms with Crippen LogP contribution >= 0.6 is 0 Å². The van der Waals surface area contributed by atoms with E-state index in [0.29, 0.717) is 0 Å². The van der Waals surface area contributed by atoms with Gasteiger partial charge in [0.05, 0.1) is 27.8 Å². The number of aromatic nitrogens is 2. The monoisotopic (exact) mass is 970 g/mol. The van der Waals surface area contributed by atoms with Gasteiger partial charge in [-0.2, -0.15) is 0 Å². The fourth-order valence-electron chi connectivity index (χ4n) is 13.4. The third-order valence-electron chi connectivity index (χ3n) is 17.2. The second-order valence-corrected chi connectivity index (χ2v) is 22.0. The highest BCUT2D eigenvalue weighted by atomic mass is 15.0. The molecule has 2 aliphatic rings. The van der Waals surface area contributed by atoms with E-state index < -0.39 is 0 Å². The molecule has 0 atom stereocenters. The first kappa shape index (κ1) is 44.3. The van der Waals surface area contributed by atoms with Crippen LogP contribution in [-0.4, -0.2) is 9.13 Å². The van der Waals surface area contributed by atoms with Crippen LogP contribution < -0.4 is 0 Å². The second kappa shape index (κ2) is 16.6. The topological polar surface area (TPSA) is 9.86 Å². The lowest BCUT2D eigenvalue weighted by molar-refractivity contribution is 0.661. The third kappa shape index (κ3) is 6.53. The fourth-order valence-corrected chi connectivity index (χ4v) is 13.4. The maximum Gasteiger partial charge on any atom is 0.0547 e. The number of benzene rings is 12. The first-order valence-corrected chi connectivity index (χ1v) is 26.7. The average molecular weight is 971 g/mol. The molecule has 0 saturated heterocycles. The Morgan fingerprint density at radius 2 is 0.737 bits per heavy atom. The lowest BCUT2D eigenvalue weighted by Crippen LogP contribution is -2.14. The van der Waals surface area contributed by atoms with Crippen molar-refractivity contribution in [3.63, 3.8) is 0 Å². The van der Waals surface area contributed by atoms with Crippen molar-refractivity contribution in [2.75, 3.05) is 0 Å². The van der Waals surface area contributed by atoms with Gasteiger partial charge in [0.2, 0.25) is 0 Å². The van der Waals surface area contributed by atoms with Crippen LogP contribution in [0.25, 0.3) is 121 Å². The molecule has 0 bridgehead atoms. The number of hydrogen-bond donors (Lipinski definition) is 0. The number of rotatable bonds is 4. The van der Waals surface area contributed by atoms with Gasteiger partial charge in [0.1, 0.15) is 0 Å². The van der Waals surface area contributed by atoms with E-state index in [1.165, 1.54) is 143 Å². The molecule has 2 heterocycles. The number of para-hydroxylation sites is 2. The summed E-state index contributed by atoms with van der Waals surface area (Å²) in [6.45, 7) is 9.43. The first-order chi connectivity index (χ1) is 37.2. The normalized spacial score (nSPS) is 13.7. The summed E-state index contributed by atoms with van der Waals surface area (Å²) in [6, 6.07) is 93.7. The maximum absolute atomic E-state index is 2.48. The fraction of sp³-hybridized carbons (Fsp3) is 0.0811. The quantitative estimate of drug-likeness (QED) is 0.166. The van der Waals surface area contributed by atoms with Gasteiger partial charge in [-0.05, 0) is 144 Å². The summed E-state index contributed by atoms with van der Waals surface area (Å²) in [4.78, 5) is 0. The molecular formula is C74H54N2. The van der Waals surface area contributed by atoms with E-state index in [1.807, 2.05) is 0 Å². The summed E-state index contributed by atoms with van der Waals surface area (Å²) < 4.78 is 4.93. The van der Waals surface area contributed by atoms with Crippen LogP contribution in [-0.2, 0) is 10.8 Å². The molecule has 2 aliphatic carbocycles. The van der Waals surface area contributed by atoms with Gasteiger partial charge in [0.25, 0.3) is 0 Å². The smallest absolute Gasteiger partial charge is 0.0547 e. The summed E-state index contributed by atoms with van der Waals surface area (Å²) in [5, 5.41) is 10.3. The molecule has 0 N–H and O–H groups in total. The van der Waals surface area contributed by atoms with Crippen LogP contribution in [0.3, 0.4) is 0 Å². The standard InChI is InChI=1S/2C37H27N/c1-37(2)33-14-8-6-12-29(33)31-23-36-32(22-34(31)37)30-13-7-9-15-35(30)38(36)28-19-18-25-16-17-26(20-27(25)21-28)24-10-4-3-5-11-24;1-37(2)32-18-10-8-15-27(32)30-23-36-31(22-33(30)37)29-17-9-11-19-34(29)38(36)35-21-20-25(24-12-4-3-5-13-24)26-14-6-7-16-28(26)35/h2*3-23H,1-2H3. The van der Waals surface area contributed by atoms with E-state index in [0.717, 1.165) is 0 Å². The molecule has 360 valence electrons. The molecule has 2 heteroatoms. The van der Waals surface area contributed by atoms with Gasteiger partial charge in [-0.25, -0.2) is 0 Å². The van der Waals surface area contributed by atoms with Crippen molar-refractivity contribution in [1.29, 1.82) is 0 Å². The molecule has 0 radical (unpaired) electrons. The van der Waals surface area contributed by atoms with Crippen LogP contribution in [0.2, 0.25) is 0 Å². The van der Waals surface area contributed by atoms with E-state index in [1.54, 1.807) is 0 Å². The van der Waals surface area contributed by atoms with Crippen molar-refractivity contribution in [3.05, 3.63) is 277 Å². The molecule has 76 heavy (non-hydrogen) atoms. The van der Waals surface area contributed by atoms with Gasteiger partial charge in [-0.3, -0.25) is 0 Å². The average Bonchev–Trinajstić information content (AvgIpc) is 4.17. The molecule has 0 spiro atoms. The van der Waals surface area contributed by atoms with E-state index in [-0.39, 0.29) is 10.8 Å². The zero-order valence-corrected chi connectivity index (χ0v) is 43.1. The van der Waals surface area contributed by atoms with Gasteiger partial charge >= 0.3 is 0 Å². The minimum absolute atomic E-state index is 0.0138. The Hall–Kier alpha value is -9.24. The first-order valence-electron chi connectivity index (χ1n) is 26.7. The molecule has 14 aromatic rings. The Bertz CT molecular complexity index is 4680. The highest BCUT2D eigenvalue weighted by Gasteiger charge is 2.37. The second-order valence-electron chi connectivity index (χ2n) is 22.0. The number of fused-ring (bicyclic) bond motifs is 14.